The van der Waals surface area contributed by atoms with Crippen molar-refractivity contribution in [2.75, 3.05) is 24.1 Å². The smallest absolute Gasteiger partial charge is 0.410 e. The molecule has 0 radical (unpaired) electrons. The van der Waals surface area contributed by atoms with Gasteiger partial charge in [-0.3, -0.25) is 14.1 Å². The van der Waals surface area contributed by atoms with Gasteiger partial charge in [0.05, 0.1) is 12.3 Å². The highest BCUT2D eigenvalue weighted by Gasteiger charge is 2.33. The number of pyridine rings is 1. The Morgan fingerprint density at radius 1 is 1.11 bits per heavy atom. The summed E-state index contributed by atoms with van der Waals surface area (Å²) in [4.78, 5) is 35.1. The summed E-state index contributed by atoms with van der Waals surface area (Å²) < 4.78 is 36.6. The Balaban J connectivity index is 1.42. The Morgan fingerprint density at radius 3 is 2.61 bits per heavy atom. The minimum Gasteiger partial charge on any atom is -0.444 e. The van der Waals surface area contributed by atoms with Gasteiger partial charge in [0.1, 0.15) is 11.3 Å². The van der Waals surface area contributed by atoms with Gasteiger partial charge >= 0.3 is 6.09 Å². The molecule has 1 saturated heterocycles. The number of sulfonamides is 1. The number of nitrogens with zero attached hydrogens (tertiary/aromatic N) is 4. The highest BCUT2D eigenvalue weighted by molar-refractivity contribution is 7.92. The number of aromatic nitrogens is 2. The molecule has 2 aromatic heterocycles. The fourth-order valence-corrected chi connectivity index (χ4v) is 6.79. The summed E-state index contributed by atoms with van der Waals surface area (Å²) in [6.45, 7) is 13.6. The molecule has 3 heterocycles. The maximum Gasteiger partial charge on any atom is 0.410 e. The lowest BCUT2D eigenvalue weighted by molar-refractivity contribution is 0.0224. The number of nitrogens with one attached hydrogen (secondary N) is 2. The van der Waals surface area contributed by atoms with Crippen LogP contribution in [0, 0.1) is 6.57 Å². The van der Waals surface area contributed by atoms with E-state index in [1.807, 2.05) is 45.0 Å². The number of likely N-dealkylation sites (tertiary alicyclic amines) is 1. The molecule has 0 aliphatic carbocycles. The van der Waals surface area contributed by atoms with Crippen molar-refractivity contribution in [2.24, 2.45) is 0 Å². The van der Waals surface area contributed by atoms with Gasteiger partial charge in [-0.25, -0.2) is 13.2 Å². The lowest BCUT2D eigenvalue weighted by Crippen LogP contribution is -2.40. The SMILES string of the molecule is [C-]#[N+]c1ccc2cc(C(=O)NC)n(Cc3cc(NS(=O)(=O)CC[C@@H]4CCCN4C(=O)OC(C)(C)C)cc4ccccc34)c2n1. The number of carbonyl (C=O) groups excluding carboxylic acids is 2. The van der Waals surface area contributed by atoms with E-state index in [2.05, 4.69) is 19.9 Å². The van der Waals surface area contributed by atoms with Crippen LogP contribution >= 0.6 is 0 Å². The van der Waals surface area contributed by atoms with Crippen LogP contribution in [0.3, 0.4) is 0 Å². The highest BCUT2D eigenvalue weighted by Crippen LogP contribution is 2.29. The number of fused-ring (bicyclic) bond motifs is 2. The summed E-state index contributed by atoms with van der Waals surface area (Å²) in [5.74, 6) is -0.258. The van der Waals surface area contributed by atoms with Crippen LogP contribution in [-0.4, -0.2) is 65.9 Å². The molecule has 5 rings (SSSR count). The van der Waals surface area contributed by atoms with E-state index in [1.165, 1.54) is 0 Å². The minimum absolute atomic E-state index is 0.161. The molecule has 2 aromatic carbocycles. The molecule has 0 spiro atoms. The quantitative estimate of drug-likeness (QED) is 0.245. The van der Waals surface area contributed by atoms with Crippen LogP contribution < -0.4 is 10.0 Å². The van der Waals surface area contributed by atoms with Gasteiger partial charge in [0.15, 0.2) is 0 Å². The zero-order valence-corrected chi connectivity index (χ0v) is 26.1. The van der Waals surface area contributed by atoms with Gasteiger partial charge in [-0.15, -0.1) is 4.98 Å². The Labute approximate surface area is 257 Å². The predicted molar refractivity (Wildman–Crippen MR) is 170 cm³/mol. The van der Waals surface area contributed by atoms with Gasteiger partial charge in [0.25, 0.3) is 11.7 Å². The summed E-state index contributed by atoms with van der Waals surface area (Å²) in [5.41, 5.74) is 1.39. The van der Waals surface area contributed by atoms with E-state index in [1.54, 1.807) is 46.8 Å². The van der Waals surface area contributed by atoms with E-state index >= 15 is 0 Å². The van der Waals surface area contributed by atoms with Crippen LogP contribution in [0.25, 0.3) is 26.7 Å². The third-order valence-corrected chi connectivity index (χ3v) is 8.90. The molecule has 230 valence electrons. The fourth-order valence-electron chi connectivity index (χ4n) is 5.62. The molecule has 12 heteroatoms. The largest absolute Gasteiger partial charge is 0.444 e. The zero-order valence-electron chi connectivity index (χ0n) is 25.3. The second kappa shape index (κ2) is 12.2. The number of anilines is 1. The third-order valence-electron chi connectivity index (χ3n) is 7.58. The van der Waals surface area contributed by atoms with Crippen LogP contribution in [0.15, 0.2) is 54.6 Å². The second-order valence-electron chi connectivity index (χ2n) is 11.9. The van der Waals surface area contributed by atoms with Crippen molar-refractivity contribution in [2.45, 2.75) is 58.2 Å². The molecule has 44 heavy (non-hydrogen) atoms. The Kier molecular flexibility index (Phi) is 8.52. The molecule has 11 nitrogen and oxygen atoms in total. The molecule has 4 aromatic rings. The molecule has 1 aliphatic heterocycles. The highest BCUT2D eigenvalue weighted by atomic mass is 32.2. The van der Waals surface area contributed by atoms with Gasteiger partial charge in [-0.1, -0.05) is 36.9 Å². The number of benzene rings is 2. The van der Waals surface area contributed by atoms with Crippen molar-refractivity contribution in [1.29, 1.82) is 0 Å². The first-order valence-corrected chi connectivity index (χ1v) is 16.1. The molecule has 0 unspecified atom stereocenters. The summed E-state index contributed by atoms with van der Waals surface area (Å²) >= 11 is 0. The van der Waals surface area contributed by atoms with Crippen molar-refractivity contribution >= 4 is 55.3 Å². The first-order valence-electron chi connectivity index (χ1n) is 14.5. The van der Waals surface area contributed by atoms with E-state index in [-0.39, 0.29) is 36.5 Å². The number of hydrogen-bond acceptors (Lipinski definition) is 6. The van der Waals surface area contributed by atoms with Gasteiger partial charge in [0, 0.05) is 30.7 Å². The number of rotatable bonds is 8. The van der Waals surface area contributed by atoms with Crippen LogP contribution in [0.4, 0.5) is 16.3 Å². The molecule has 1 atom stereocenters. The topological polar surface area (TPSA) is 127 Å². The maximum absolute atomic E-state index is 13.3. The van der Waals surface area contributed by atoms with Crippen LogP contribution in [-0.2, 0) is 21.3 Å². The standard InChI is InChI=1S/C32H36N6O5S/c1-32(2,3)43-31(40)37-15-8-10-25(37)14-16-44(41,42)36-24-17-21-9-6-7-11-26(21)23(18-24)20-38-27(30(39)34-5)19-22-12-13-28(33-4)35-29(22)38/h6-7,9,11-13,17-19,25,36H,8,10,14-16,20H2,1-3,5H3,(H,34,39)/t25-/m0/s1. The first kappa shape index (κ1) is 30.8. The maximum atomic E-state index is 13.3. The average Bonchev–Trinajstić information content (AvgIpc) is 3.59. The number of ether oxygens (including phenoxy) is 1. The average molecular weight is 617 g/mol. The van der Waals surface area contributed by atoms with E-state index in [4.69, 9.17) is 11.3 Å². The van der Waals surface area contributed by atoms with Gasteiger partial charge in [-0.05, 0) is 80.6 Å². The van der Waals surface area contributed by atoms with E-state index in [0.717, 1.165) is 29.2 Å². The molecule has 1 aliphatic rings. The lowest BCUT2D eigenvalue weighted by Gasteiger charge is -2.28. The summed E-state index contributed by atoms with van der Waals surface area (Å²) in [6, 6.07) is 16.0. The van der Waals surface area contributed by atoms with Crippen molar-refractivity contribution < 1.29 is 22.7 Å². The first-order chi connectivity index (χ1) is 20.9. The summed E-state index contributed by atoms with van der Waals surface area (Å²) in [5, 5.41) is 5.09. The van der Waals surface area contributed by atoms with E-state index < -0.39 is 21.7 Å². The molecule has 1 fully saturated rings. The monoisotopic (exact) mass is 616 g/mol. The van der Waals surface area contributed by atoms with Crippen molar-refractivity contribution in [3.63, 3.8) is 0 Å². The number of hydrogen-bond donors (Lipinski definition) is 2. The van der Waals surface area contributed by atoms with E-state index in [0.29, 0.717) is 29.0 Å². The Bertz CT molecular complexity index is 1890. The van der Waals surface area contributed by atoms with Crippen LogP contribution in [0.1, 0.15) is 56.1 Å². The van der Waals surface area contributed by atoms with Gasteiger partial charge in [-0.2, -0.15) is 0 Å². The summed E-state index contributed by atoms with van der Waals surface area (Å²) in [6.07, 6.45) is 1.38. The Hall–Kier alpha value is -4.63. The van der Waals surface area contributed by atoms with Crippen molar-refractivity contribution in [3.05, 3.63) is 77.3 Å². The molecule has 2 amide bonds. The van der Waals surface area contributed by atoms with Crippen molar-refractivity contribution in [3.8, 4) is 0 Å². The second-order valence-corrected chi connectivity index (χ2v) is 13.8. The van der Waals surface area contributed by atoms with Gasteiger partial charge in [0.2, 0.25) is 15.7 Å². The van der Waals surface area contributed by atoms with E-state index in [9.17, 15) is 18.0 Å². The Morgan fingerprint density at radius 2 is 1.89 bits per heavy atom. The van der Waals surface area contributed by atoms with Crippen LogP contribution in [0.2, 0.25) is 0 Å². The zero-order chi connectivity index (χ0) is 31.6. The molecular weight excluding hydrogens is 580 g/mol. The minimum atomic E-state index is -3.77. The fraction of sp³-hybridized carbons (Fsp3) is 0.375. The van der Waals surface area contributed by atoms with Gasteiger partial charge < -0.3 is 19.8 Å². The third kappa shape index (κ3) is 6.78. The number of amides is 2. The van der Waals surface area contributed by atoms with Crippen LogP contribution in [0.5, 0.6) is 0 Å². The van der Waals surface area contributed by atoms with Crippen molar-refractivity contribution in [1.82, 2.24) is 19.8 Å². The molecular formula is C32H36N6O5S. The number of carbonyl (C=O) groups is 2. The molecule has 0 saturated carbocycles. The predicted octanol–water partition coefficient (Wildman–Crippen LogP) is 5.68. The normalized spacial score (nSPS) is 15.3. The lowest BCUT2D eigenvalue weighted by atomic mass is 10.0. The summed E-state index contributed by atoms with van der Waals surface area (Å²) in [7, 11) is -2.22. The molecule has 0 bridgehead atoms. The molecule has 2 N–H and O–H groups in total.